The number of hydrogen-bond donors (Lipinski definition) is 4. The van der Waals surface area contributed by atoms with Gasteiger partial charge in [-0.3, -0.25) is 10.9 Å². The summed E-state index contributed by atoms with van der Waals surface area (Å²) in [5.41, 5.74) is 7.50. The SMILES string of the molecule is CC(O)CC(CNC(=O)NNc1cccc(C#N)c1)c1ccccc1. The van der Waals surface area contributed by atoms with Gasteiger partial charge >= 0.3 is 6.03 Å². The molecule has 0 aromatic heterocycles. The van der Waals surface area contributed by atoms with Crippen LogP contribution in [0.2, 0.25) is 0 Å². The van der Waals surface area contributed by atoms with E-state index in [1.54, 1.807) is 31.2 Å². The van der Waals surface area contributed by atoms with E-state index in [-0.39, 0.29) is 11.9 Å². The second-order valence-electron chi connectivity index (χ2n) is 5.84. The Balaban J connectivity index is 1.87. The predicted octanol–water partition coefficient (Wildman–Crippen LogP) is 2.74. The second-order valence-corrected chi connectivity index (χ2v) is 5.84. The fraction of sp³-hybridized carbons (Fsp3) is 0.263. The minimum absolute atomic E-state index is 0.0221. The molecule has 4 N–H and O–H groups in total. The summed E-state index contributed by atoms with van der Waals surface area (Å²) in [5, 5.41) is 21.3. The lowest BCUT2D eigenvalue weighted by Gasteiger charge is -2.20. The molecule has 0 bridgehead atoms. The number of benzene rings is 2. The van der Waals surface area contributed by atoms with Crippen LogP contribution in [0, 0.1) is 11.3 Å². The topological polar surface area (TPSA) is 97.2 Å². The van der Waals surface area contributed by atoms with Gasteiger partial charge in [0.15, 0.2) is 0 Å². The van der Waals surface area contributed by atoms with E-state index < -0.39 is 6.10 Å². The quantitative estimate of drug-likeness (QED) is 0.584. The van der Waals surface area contributed by atoms with Crippen molar-refractivity contribution in [3.05, 3.63) is 65.7 Å². The molecule has 0 radical (unpaired) electrons. The molecule has 2 unspecified atom stereocenters. The normalized spacial score (nSPS) is 12.5. The Morgan fingerprint density at radius 3 is 2.64 bits per heavy atom. The summed E-state index contributed by atoms with van der Waals surface area (Å²) in [6.07, 6.45) is 0.101. The van der Waals surface area contributed by atoms with Crippen LogP contribution in [0.1, 0.15) is 30.4 Å². The van der Waals surface area contributed by atoms with E-state index in [4.69, 9.17) is 5.26 Å². The number of carbonyl (C=O) groups is 1. The summed E-state index contributed by atoms with van der Waals surface area (Å²) in [5.74, 6) is 0.0221. The highest BCUT2D eigenvalue weighted by Gasteiger charge is 2.15. The van der Waals surface area contributed by atoms with E-state index >= 15 is 0 Å². The highest BCUT2D eigenvalue weighted by atomic mass is 16.3. The molecule has 0 aliphatic carbocycles. The van der Waals surface area contributed by atoms with Crippen molar-refractivity contribution in [2.24, 2.45) is 0 Å². The molecule has 25 heavy (non-hydrogen) atoms. The van der Waals surface area contributed by atoms with Gasteiger partial charge in [-0.25, -0.2) is 4.79 Å². The monoisotopic (exact) mass is 338 g/mol. The van der Waals surface area contributed by atoms with Crippen molar-refractivity contribution >= 4 is 11.7 Å². The van der Waals surface area contributed by atoms with Crippen LogP contribution in [0.5, 0.6) is 0 Å². The molecule has 0 spiro atoms. The molecular weight excluding hydrogens is 316 g/mol. The van der Waals surface area contributed by atoms with Gasteiger partial charge in [0.05, 0.1) is 23.4 Å². The van der Waals surface area contributed by atoms with Crippen molar-refractivity contribution in [2.45, 2.75) is 25.4 Å². The van der Waals surface area contributed by atoms with Crippen LogP contribution in [0.4, 0.5) is 10.5 Å². The Bertz CT molecular complexity index is 726. The number of rotatable bonds is 7. The zero-order valence-electron chi connectivity index (χ0n) is 14.1. The van der Waals surface area contributed by atoms with Crippen LogP contribution in [0.25, 0.3) is 0 Å². The molecule has 2 amide bonds. The maximum Gasteiger partial charge on any atom is 0.333 e. The van der Waals surface area contributed by atoms with E-state index in [1.165, 1.54) is 0 Å². The Labute approximate surface area is 147 Å². The summed E-state index contributed by atoms with van der Waals surface area (Å²) in [7, 11) is 0. The third kappa shape index (κ3) is 6.16. The van der Waals surface area contributed by atoms with Crippen molar-refractivity contribution in [3.63, 3.8) is 0 Å². The first kappa shape index (κ1) is 18.3. The van der Waals surface area contributed by atoms with Crippen LogP contribution in [0.3, 0.4) is 0 Å². The molecule has 0 aliphatic heterocycles. The molecule has 0 aliphatic rings. The lowest BCUT2D eigenvalue weighted by Crippen LogP contribution is -2.41. The summed E-state index contributed by atoms with van der Waals surface area (Å²) in [4.78, 5) is 12.0. The van der Waals surface area contributed by atoms with Gasteiger partial charge in [-0.1, -0.05) is 36.4 Å². The van der Waals surface area contributed by atoms with Gasteiger partial charge in [-0.2, -0.15) is 5.26 Å². The zero-order valence-corrected chi connectivity index (χ0v) is 14.1. The molecule has 2 aromatic carbocycles. The fourth-order valence-corrected chi connectivity index (χ4v) is 2.53. The zero-order chi connectivity index (χ0) is 18.1. The average molecular weight is 338 g/mol. The number of nitriles is 1. The Kier molecular flexibility index (Phi) is 6.81. The van der Waals surface area contributed by atoms with Gasteiger partial charge in [0.2, 0.25) is 0 Å². The third-order valence-corrected chi connectivity index (χ3v) is 3.72. The molecule has 0 saturated heterocycles. The maximum absolute atomic E-state index is 12.0. The number of aliphatic hydroxyl groups excluding tert-OH is 1. The molecule has 130 valence electrons. The van der Waals surface area contributed by atoms with Crippen LogP contribution in [0.15, 0.2) is 54.6 Å². The van der Waals surface area contributed by atoms with E-state index in [1.807, 2.05) is 36.4 Å². The second kappa shape index (κ2) is 9.30. The van der Waals surface area contributed by atoms with Gasteiger partial charge in [-0.05, 0) is 37.1 Å². The smallest absolute Gasteiger partial charge is 0.333 e. The largest absolute Gasteiger partial charge is 0.393 e. The molecule has 0 heterocycles. The number of aliphatic hydroxyl groups is 1. The van der Waals surface area contributed by atoms with Crippen molar-refractivity contribution in [1.82, 2.24) is 10.7 Å². The van der Waals surface area contributed by atoms with Crippen molar-refractivity contribution in [1.29, 1.82) is 5.26 Å². The summed E-state index contributed by atoms with van der Waals surface area (Å²) in [6, 6.07) is 18.2. The number of hydrogen-bond acceptors (Lipinski definition) is 4. The first-order valence-electron chi connectivity index (χ1n) is 8.11. The summed E-state index contributed by atoms with van der Waals surface area (Å²) >= 11 is 0. The molecule has 6 nitrogen and oxygen atoms in total. The standard InChI is InChI=1S/C19H22N4O2/c1-14(24)10-17(16-7-3-2-4-8-16)13-21-19(25)23-22-18-9-5-6-15(11-18)12-20/h2-9,11,14,17,22,24H,10,13H2,1H3,(H2,21,23,25). The maximum atomic E-state index is 12.0. The molecule has 2 rings (SSSR count). The first-order chi connectivity index (χ1) is 12.1. The van der Waals surface area contributed by atoms with Gasteiger partial charge in [-0.15, -0.1) is 0 Å². The minimum Gasteiger partial charge on any atom is -0.393 e. The highest BCUT2D eigenvalue weighted by molar-refractivity contribution is 5.75. The van der Waals surface area contributed by atoms with E-state index in [9.17, 15) is 9.90 Å². The van der Waals surface area contributed by atoms with Gasteiger partial charge in [0.1, 0.15) is 0 Å². The van der Waals surface area contributed by atoms with Crippen molar-refractivity contribution < 1.29 is 9.90 Å². The van der Waals surface area contributed by atoms with Crippen LogP contribution < -0.4 is 16.2 Å². The Morgan fingerprint density at radius 2 is 1.96 bits per heavy atom. The van der Waals surface area contributed by atoms with E-state index in [0.717, 1.165) is 5.56 Å². The minimum atomic E-state index is -0.457. The molecule has 2 atom stereocenters. The number of urea groups is 1. The van der Waals surface area contributed by atoms with Crippen LogP contribution >= 0.6 is 0 Å². The number of carbonyl (C=O) groups excluding carboxylic acids is 1. The molecule has 0 saturated carbocycles. The summed E-state index contributed by atoms with van der Waals surface area (Å²) in [6.45, 7) is 2.14. The molecule has 2 aromatic rings. The number of amides is 2. The number of hydrazine groups is 1. The molecule has 6 heteroatoms. The van der Waals surface area contributed by atoms with Gasteiger partial charge in [0, 0.05) is 12.5 Å². The molecular formula is C19H22N4O2. The number of nitrogens with zero attached hydrogens (tertiary/aromatic N) is 1. The first-order valence-corrected chi connectivity index (χ1v) is 8.11. The van der Waals surface area contributed by atoms with Crippen LogP contribution in [-0.2, 0) is 0 Å². The van der Waals surface area contributed by atoms with E-state index in [2.05, 4.69) is 16.2 Å². The number of nitrogens with one attached hydrogen (secondary N) is 3. The van der Waals surface area contributed by atoms with E-state index in [0.29, 0.717) is 24.2 Å². The predicted molar refractivity (Wildman–Crippen MR) is 96.8 cm³/mol. The third-order valence-electron chi connectivity index (χ3n) is 3.72. The van der Waals surface area contributed by atoms with Crippen LogP contribution in [-0.4, -0.2) is 23.8 Å². The Hall–Kier alpha value is -3.04. The number of anilines is 1. The summed E-state index contributed by atoms with van der Waals surface area (Å²) < 4.78 is 0. The van der Waals surface area contributed by atoms with Crippen molar-refractivity contribution in [3.8, 4) is 6.07 Å². The fourth-order valence-electron chi connectivity index (χ4n) is 2.53. The lowest BCUT2D eigenvalue weighted by molar-refractivity contribution is 0.173. The van der Waals surface area contributed by atoms with Gasteiger partial charge < -0.3 is 10.4 Å². The Morgan fingerprint density at radius 1 is 1.20 bits per heavy atom. The average Bonchev–Trinajstić information content (AvgIpc) is 2.64. The molecule has 0 fully saturated rings. The highest BCUT2D eigenvalue weighted by Crippen LogP contribution is 2.20. The van der Waals surface area contributed by atoms with Gasteiger partial charge in [0.25, 0.3) is 0 Å². The van der Waals surface area contributed by atoms with Crippen molar-refractivity contribution in [2.75, 3.05) is 12.0 Å². The lowest BCUT2D eigenvalue weighted by atomic mass is 9.93.